The van der Waals surface area contributed by atoms with Crippen molar-refractivity contribution in [2.45, 2.75) is 18.0 Å². The molecule has 2 aromatic carbocycles. The summed E-state index contributed by atoms with van der Waals surface area (Å²) in [4.78, 5) is 30.5. The number of fused-ring (bicyclic) bond motifs is 1. The zero-order chi connectivity index (χ0) is 27.5. The number of aromatic nitrogens is 1. The summed E-state index contributed by atoms with van der Waals surface area (Å²) < 4.78 is 24.3. The van der Waals surface area contributed by atoms with Gasteiger partial charge in [-0.3, -0.25) is 5.32 Å². The van der Waals surface area contributed by atoms with Gasteiger partial charge in [0.05, 0.1) is 24.8 Å². The molecule has 0 saturated heterocycles. The summed E-state index contributed by atoms with van der Waals surface area (Å²) in [5, 5.41) is 24.8. The Hall–Kier alpha value is -3.16. The Morgan fingerprint density at radius 2 is 1.95 bits per heavy atom. The first-order valence-electron chi connectivity index (χ1n) is 11.5. The molecule has 3 amide bonds. The third-order valence-corrected chi connectivity index (χ3v) is 6.82. The topological polar surface area (TPSA) is 133 Å². The number of hydrogen-bond acceptors (Lipinski definition) is 8. The van der Waals surface area contributed by atoms with Crippen molar-refractivity contribution in [1.82, 2.24) is 15.2 Å². The first-order chi connectivity index (χ1) is 18.3. The van der Waals surface area contributed by atoms with Gasteiger partial charge in [0.1, 0.15) is 29.1 Å². The lowest BCUT2D eigenvalue weighted by atomic mass is 10.2. The number of benzene rings is 2. The third-order valence-electron chi connectivity index (χ3n) is 5.31. The molecule has 3 rings (SSSR count). The number of anilines is 1. The largest absolute Gasteiger partial charge is 0.438 e. The Balaban J connectivity index is 1.54. The standard InChI is InChI=1S/C25H28ClFN4O6S/c1-31(24(34)29-11-18-7-4-8-20(27)23(18)26)22(14-36-13-19(33)12-32)38-15-37-25(35)30-21-9-16-5-2-3-6-17(16)10-28-21/h2-10,19,22,32-33H,11-15H2,1H3,(H,29,34)(H,28,30,35)/t19-,22+/m0/s1. The molecule has 0 aliphatic rings. The fourth-order valence-electron chi connectivity index (χ4n) is 3.20. The van der Waals surface area contributed by atoms with Gasteiger partial charge >= 0.3 is 12.1 Å². The van der Waals surface area contributed by atoms with Crippen LogP contribution in [0.4, 0.5) is 19.8 Å². The maximum Gasteiger partial charge on any atom is 0.413 e. The van der Waals surface area contributed by atoms with E-state index >= 15 is 0 Å². The van der Waals surface area contributed by atoms with E-state index in [4.69, 9.17) is 26.2 Å². The maximum atomic E-state index is 13.7. The number of ether oxygens (including phenoxy) is 2. The Morgan fingerprint density at radius 3 is 2.71 bits per heavy atom. The number of aliphatic hydroxyl groups excluding tert-OH is 2. The number of halogens is 2. The second-order valence-corrected chi connectivity index (χ2v) is 9.56. The van der Waals surface area contributed by atoms with Gasteiger partial charge in [-0.05, 0) is 23.1 Å². The van der Waals surface area contributed by atoms with Crippen LogP contribution in [0.2, 0.25) is 5.02 Å². The van der Waals surface area contributed by atoms with E-state index in [-0.39, 0.29) is 30.7 Å². The quantitative estimate of drug-likeness (QED) is 0.243. The summed E-state index contributed by atoms with van der Waals surface area (Å²) in [6, 6.07) is 13.1. The van der Waals surface area contributed by atoms with E-state index in [2.05, 4.69) is 15.6 Å². The fourth-order valence-corrected chi connectivity index (χ4v) is 4.24. The Morgan fingerprint density at radius 1 is 1.18 bits per heavy atom. The molecule has 3 aromatic rings. The summed E-state index contributed by atoms with van der Waals surface area (Å²) in [7, 11) is 1.51. The minimum atomic E-state index is -1.08. The van der Waals surface area contributed by atoms with Gasteiger partial charge in [0.25, 0.3) is 0 Å². The summed E-state index contributed by atoms with van der Waals surface area (Å²) in [5.41, 5.74) is 0.405. The first-order valence-corrected chi connectivity index (χ1v) is 12.9. The van der Waals surface area contributed by atoms with Crippen molar-refractivity contribution >= 4 is 52.1 Å². The Kier molecular flexibility index (Phi) is 11.4. The predicted octanol–water partition coefficient (Wildman–Crippen LogP) is 3.80. The third kappa shape index (κ3) is 8.71. The molecular weight excluding hydrogens is 539 g/mol. The van der Waals surface area contributed by atoms with Crippen molar-refractivity contribution < 1.29 is 33.7 Å². The molecule has 0 fully saturated rings. The van der Waals surface area contributed by atoms with Crippen molar-refractivity contribution in [3.05, 3.63) is 71.1 Å². The van der Waals surface area contributed by atoms with Crippen molar-refractivity contribution in [3.63, 3.8) is 0 Å². The van der Waals surface area contributed by atoms with Crippen LogP contribution in [0.25, 0.3) is 10.8 Å². The second-order valence-electron chi connectivity index (χ2n) is 8.07. The summed E-state index contributed by atoms with van der Waals surface area (Å²) in [6.45, 7) is -0.687. The van der Waals surface area contributed by atoms with Crippen LogP contribution in [0.15, 0.2) is 54.7 Å². The molecule has 0 spiro atoms. The molecule has 0 radical (unpaired) electrons. The number of hydrogen-bond donors (Lipinski definition) is 4. The Bertz CT molecular complexity index is 1240. The van der Waals surface area contributed by atoms with Crippen LogP contribution in [0.5, 0.6) is 0 Å². The number of aliphatic hydroxyl groups is 2. The normalized spacial score (nSPS) is 12.6. The summed E-state index contributed by atoms with van der Waals surface area (Å²) >= 11 is 7.04. The van der Waals surface area contributed by atoms with Gasteiger partial charge in [0, 0.05) is 25.2 Å². The van der Waals surface area contributed by atoms with Crippen LogP contribution < -0.4 is 10.6 Å². The number of urea groups is 1. The van der Waals surface area contributed by atoms with Crippen LogP contribution in [0.3, 0.4) is 0 Å². The van der Waals surface area contributed by atoms with Gasteiger partial charge in [0.2, 0.25) is 0 Å². The molecule has 13 heteroatoms. The number of carbonyl (C=O) groups is 2. The number of nitrogens with one attached hydrogen (secondary N) is 2. The van der Waals surface area contributed by atoms with Crippen molar-refractivity contribution in [3.8, 4) is 0 Å². The molecule has 1 heterocycles. The van der Waals surface area contributed by atoms with Crippen LogP contribution in [0, 0.1) is 5.82 Å². The molecule has 0 bridgehead atoms. The molecule has 2 atom stereocenters. The number of amides is 3. The highest BCUT2D eigenvalue weighted by molar-refractivity contribution is 7.99. The van der Waals surface area contributed by atoms with Crippen LogP contribution in [-0.2, 0) is 16.0 Å². The number of rotatable bonds is 12. The molecule has 204 valence electrons. The van der Waals surface area contributed by atoms with Crippen molar-refractivity contribution in [2.75, 3.05) is 38.1 Å². The zero-order valence-corrected chi connectivity index (χ0v) is 22.0. The highest BCUT2D eigenvalue weighted by atomic mass is 35.5. The molecule has 0 unspecified atom stereocenters. The molecule has 10 nitrogen and oxygen atoms in total. The molecule has 0 aliphatic carbocycles. The summed E-state index contributed by atoms with van der Waals surface area (Å²) in [5.74, 6) is -0.405. The lowest BCUT2D eigenvalue weighted by Gasteiger charge is -2.28. The van der Waals surface area contributed by atoms with E-state index < -0.39 is 36.0 Å². The number of likely N-dealkylation sites (N-methyl/N-ethyl adjacent to an activating group) is 1. The van der Waals surface area contributed by atoms with E-state index in [9.17, 15) is 19.1 Å². The molecule has 38 heavy (non-hydrogen) atoms. The molecular formula is C25H28ClFN4O6S. The number of pyridine rings is 1. The lowest BCUT2D eigenvalue weighted by Crippen LogP contribution is -2.44. The van der Waals surface area contributed by atoms with E-state index in [1.165, 1.54) is 24.1 Å². The van der Waals surface area contributed by atoms with E-state index in [0.717, 1.165) is 22.5 Å². The summed E-state index contributed by atoms with van der Waals surface area (Å²) in [6.07, 6.45) is -0.173. The minimum absolute atomic E-state index is 0.0150. The number of thioether (sulfide) groups is 1. The second kappa shape index (κ2) is 14.7. The number of carbonyl (C=O) groups excluding carboxylic acids is 2. The van der Waals surface area contributed by atoms with Crippen LogP contribution >= 0.6 is 23.4 Å². The average Bonchev–Trinajstić information content (AvgIpc) is 2.92. The van der Waals surface area contributed by atoms with E-state index in [1.807, 2.05) is 24.3 Å². The van der Waals surface area contributed by atoms with Gasteiger partial charge < -0.3 is 29.9 Å². The van der Waals surface area contributed by atoms with Gasteiger partial charge in [-0.2, -0.15) is 0 Å². The highest BCUT2D eigenvalue weighted by Crippen LogP contribution is 2.21. The molecule has 1 aromatic heterocycles. The predicted molar refractivity (Wildman–Crippen MR) is 143 cm³/mol. The average molecular weight is 567 g/mol. The molecule has 0 aliphatic heterocycles. The maximum absolute atomic E-state index is 13.7. The monoisotopic (exact) mass is 566 g/mol. The van der Waals surface area contributed by atoms with E-state index in [0.29, 0.717) is 11.4 Å². The number of nitrogens with zero attached hydrogens (tertiary/aromatic N) is 2. The van der Waals surface area contributed by atoms with Gasteiger partial charge in [-0.15, -0.1) is 0 Å². The first kappa shape index (κ1) is 29.4. The highest BCUT2D eigenvalue weighted by Gasteiger charge is 2.22. The molecule has 0 saturated carbocycles. The van der Waals surface area contributed by atoms with Gasteiger partial charge in [0.15, 0.2) is 0 Å². The van der Waals surface area contributed by atoms with Crippen molar-refractivity contribution in [2.24, 2.45) is 0 Å². The van der Waals surface area contributed by atoms with Crippen LogP contribution in [0.1, 0.15) is 5.56 Å². The minimum Gasteiger partial charge on any atom is -0.438 e. The Labute approximate surface area is 228 Å². The SMILES string of the molecule is CN(C(=O)NCc1cccc(F)c1Cl)[C@@H](COC[C@@H](O)CO)SCOC(=O)Nc1cc2ccccc2cn1. The van der Waals surface area contributed by atoms with Crippen LogP contribution in [-0.4, -0.2) is 76.5 Å². The van der Waals surface area contributed by atoms with Gasteiger partial charge in [-0.1, -0.05) is 59.8 Å². The zero-order valence-electron chi connectivity index (χ0n) is 20.5. The van der Waals surface area contributed by atoms with E-state index in [1.54, 1.807) is 18.3 Å². The smallest absolute Gasteiger partial charge is 0.413 e. The van der Waals surface area contributed by atoms with Crippen molar-refractivity contribution in [1.29, 1.82) is 0 Å². The lowest BCUT2D eigenvalue weighted by molar-refractivity contribution is 0.000606. The fraction of sp³-hybridized carbons (Fsp3) is 0.320. The molecule has 4 N–H and O–H groups in total. The van der Waals surface area contributed by atoms with Gasteiger partial charge in [-0.25, -0.2) is 19.0 Å².